The third-order valence-corrected chi connectivity index (χ3v) is 9.88. The molecule has 42 heavy (non-hydrogen) atoms. The van der Waals surface area contributed by atoms with E-state index in [0.29, 0.717) is 5.75 Å². The molecule has 2 aromatic heterocycles. The van der Waals surface area contributed by atoms with Crippen LogP contribution in [0.4, 0.5) is 5.95 Å². The van der Waals surface area contributed by atoms with Gasteiger partial charge in [0.1, 0.15) is 35.7 Å². The van der Waals surface area contributed by atoms with E-state index in [4.69, 9.17) is 36.1 Å². The van der Waals surface area contributed by atoms with Gasteiger partial charge in [0.15, 0.2) is 17.4 Å². The van der Waals surface area contributed by atoms with Gasteiger partial charge in [0.2, 0.25) is 5.95 Å². The number of H-pyrrole nitrogens is 1. The SMILES string of the molecule is C[C@H](NP(=S)(OC[C@H]1O[C@@H](n2cnc3c(=O)[nH]c(N)nc32)[C@](C)(O)[C@@H]1O)Oc1ccccc1)C(=O)OC1CCCCC1. The molecule has 14 nitrogen and oxygen atoms in total. The van der Waals surface area contributed by atoms with Crippen LogP contribution in [0.25, 0.3) is 11.2 Å². The van der Waals surface area contributed by atoms with Crippen LogP contribution in [0.3, 0.4) is 0 Å². The molecule has 1 aliphatic carbocycles. The molecule has 5 rings (SSSR count). The number of nitrogens with two attached hydrogens (primary N) is 1. The van der Waals surface area contributed by atoms with E-state index < -0.39 is 48.2 Å². The van der Waals surface area contributed by atoms with Crippen molar-refractivity contribution in [3.05, 3.63) is 47.0 Å². The zero-order chi connectivity index (χ0) is 30.1. The largest absolute Gasteiger partial charge is 0.461 e. The first kappa shape index (κ1) is 30.5. The van der Waals surface area contributed by atoms with Crippen molar-refractivity contribution in [1.82, 2.24) is 24.6 Å². The summed E-state index contributed by atoms with van der Waals surface area (Å²) in [5.74, 6) is -0.198. The van der Waals surface area contributed by atoms with Crippen molar-refractivity contribution in [3.63, 3.8) is 0 Å². The highest BCUT2D eigenvalue weighted by Gasteiger charge is 2.54. The molecular weight excluding hydrogens is 587 g/mol. The first-order valence-corrected chi connectivity index (χ1v) is 16.4. The lowest BCUT2D eigenvalue weighted by Crippen LogP contribution is -2.44. The molecule has 16 heteroatoms. The Hall–Kier alpha value is -2.91. The molecule has 6 atom stereocenters. The van der Waals surface area contributed by atoms with Crippen LogP contribution in [0.2, 0.25) is 0 Å². The topological polar surface area (TPSA) is 196 Å². The number of para-hydroxylation sites is 1. The zero-order valence-corrected chi connectivity index (χ0v) is 24.9. The number of esters is 1. The number of nitrogens with zero attached hydrogens (tertiary/aromatic N) is 3. The molecule has 3 aromatic rings. The molecule has 0 bridgehead atoms. The highest BCUT2D eigenvalue weighted by Crippen LogP contribution is 2.47. The second kappa shape index (κ2) is 12.4. The lowest BCUT2D eigenvalue weighted by Gasteiger charge is -2.29. The van der Waals surface area contributed by atoms with Crippen LogP contribution >= 0.6 is 6.64 Å². The number of hydrogen-bond acceptors (Lipinski definition) is 12. The second-order valence-corrected chi connectivity index (χ2v) is 13.9. The molecule has 6 N–H and O–H groups in total. The molecule has 1 unspecified atom stereocenters. The maximum absolute atomic E-state index is 12.9. The summed E-state index contributed by atoms with van der Waals surface area (Å²) < 4.78 is 25.1. The van der Waals surface area contributed by atoms with Gasteiger partial charge in [-0.25, -0.2) is 10.1 Å². The van der Waals surface area contributed by atoms with Crippen LogP contribution in [0, 0.1) is 0 Å². The normalized spacial score (nSPS) is 27.0. The van der Waals surface area contributed by atoms with E-state index in [9.17, 15) is 19.8 Å². The number of nitrogens with one attached hydrogen (secondary N) is 2. The van der Waals surface area contributed by atoms with Gasteiger partial charge in [0.05, 0.1) is 12.9 Å². The number of fused-ring (bicyclic) bond motifs is 1. The fourth-order valence-corrected chi connectivity index (χ4v) is 7.53. The van der Waals surface area contributed by atoms with E-state index in [2.05, 4.69) is 20.0 Å². The van der Waals surface area contributed by atoms with E-state index >= 15 is 0 Å². The van der Waals surface area contributed by atoms with Gasteiger partial charge < -0.3 is 34.5 Å². The second-order valence-electron chi connectivity index (χ2n) is 10.7. The van der Waals surface area contributed by atoms with E-state index in [1.54, 1.807) is 31.2 Å². The summed E-state index contributed by atoms with van der Waals surface area (Å²) in [7, 11) is 0. The number of carbonyl (C=O) groups is 1. The molecule has 228 valence electrons. The molecule has 1 aromatic carbocycles. The third kappa shape index (κ3) is 6.52. The van der Waals surface area contributed by atoms with Crippen LogP contribution < -0.4 is 20.9 Å². The van der Waals surface area contributed by atoms with Crippen molar-refractivity contribution in [2.24, 2.45) is 0 Å². The Morgan fingerprint density at radius 1 is 1.33 bits per heavy atom. The summed E-state index contributed by atoms with van der Waals surface area (Å²) in [6.45, 7) is -0.749. The lowest BCUT2D eigenvalue weighted by molar-refractivity contribution is -0.152. The Bertz CT molecular complexity index is 1510. The summed E-state index contributed by atoms with van der Waals surface area (Å²) in [5, 5.41) is 25.3. The summed E-state index contributed by atoms with van der Waals surface area (Å²) in [4.78, 5) is 35.7. The maximum Gasteiger partial charge on any atom is 0.323 e. The number of aromatic nitrogens is 4. The minimum absolute atomic E-state index is 0.0112. The fraction of sp³-hybridized carbons (Fsp3) is 0.538. The number of ether oxygens (including phenoxy) is 2. The van der Waals surface area contributed by atoms with Gasteiger partial charge in [-0.3, -0.25) is 19.1 Å². The van der Waals surface area contributed by atoms with E-state index in [1.165, 1.54) is 17.8 Å². The number of aliphatic hydroxyl groups is 2. The van der Waals surface area contributed by atoms with E-state index in [-0.39, 0.29) is 29.8 Å². The average molecular weight is 623 g/mol. The number of carbonyl (C=O) groups excluding carboxylic acids is 1. The van der Waals surface area contributed by atoms with Crippen molar-refractivity contribution in [2.75, 3.05) is 12.3 Å². The number of nitrogen functional groups attached to an aromatic ring is 1. The van der Waals surface area contributed by atoms with E-state index in [0.717, 1.165) is 32.1 Å². The monoisotopic (exact) mass is 622 g/mol. The Labute approximate surface area is 246 Å². The standard InChI is InChI=1S/C26H35N6O8PS/c1-15(23(35)38-16-9-5-3-6-10-16)31-41(42,40-17-11-7-4-8-12-17)37-13-18-20(33)26(2,36)24(39-18)32-14-28-19-21(32)29-25(27)30-22(19)34/h4,7-8,11-12,14-16,18,20,24,33,36H,3,5-6,9-10,13H2,1-2H3,(H,31,42)(H3,27,29,30,34)/t15-,18+,20+,24+,26+,41?/m0/s1. The first-order valence-electron chi connectivity index (χ1n) is 13.7. The molecule has 2 fully saturated rings. The Morgan fingerprint density at radius 3 is 2.76 bits per heavy atom. The lowest BCUT2D eigenvalue weighted by atomic mass is 9.96. The highest BCUT2D eigenvalue weighted by atomic mass is 32.5. The first-order chi connectivity index (χ1) is 20.0. The maximum atomic E-state index is 12.9. The predicted octanol–water partition coefficient (Wildman–Crippen LogP) is 1.89. The zero-order valence-electron chi connectivity index (χ0n) is 23.2. The summed E-state index contributed by atoms with van der Waals surface area (Å²) >= 11 is 5.79. The minimum atomic E-state index is -3.44. The smallest absolute Gasteiger partial charge is 0.323 e. The third-order valence-electron chi connectivity index (χ3n) is 7.38. The average Bonchev–Trinajstić information content (AvgIpc) is 3.46. The van der Waals surface area contributed by atoms with Gasteiger partial charge in [0.25, 0.3) is 5.56 Å². The van der Waals surface area contributed by atoms with Crippen LogP contribution in [-0.2, 0) is 30.6 Å². The number of hydrogen-bond donors (Lipinski definition) is 5. The molecule has 1 saturated carbocycles. The Balaban J connectivity index is 1.32. The van der Waals surface area contributed by atoms with Crippen LogP contribution in [0.1, 0.15) is 52.2 Å². The van der Waals surface area contributed by atoms with Crippen molar-refractivity contribution in [1.29, 1.82) is 0 Å². The van der Waals surface area contributed by atoms with Crippen molar-refractivity contribution >= 4 is 41.5 Å². The molecule has 2 aliphatic rings. The van der Waals surface area contributed by atoms with Gasteiger partial charge in [0, 0.05) is 0 Å². The molecule has 0 radical (unpaired) electrons. The predicted molar refractivity (Wildman–Crippen MR) is 156 cm³/mol. The number of imidazole rings is 1. The molecular formula is C26H35N6O8PS. The molecule has 3 heterocycles. The molecule has 1 saturated heterocycles. The number of aliphatic hydroxyl groups excluding tert-OH is 1. The van der Waals surface area contributed by atoms with Gasteiger partial charge >= 0.3 is 12.6 Å². The van der Waals surface area contributed by atoms with Gasteiger partial charge in [-0.2, -0.15) is 4.98 Å². The van der Waals surface area contributed by atoms with Crippen LogP contribution in [0.5, 0.6) is 5.75 Å². The van der Waals surface area contributed by atoms with Gasteiger partial charge in [-0.1, -0.05) is 24.6 Å². The Kier molecular flexibility index (Phi) is 8.99. The summed E-state index contributed by atoms with van der Waals surface area (Å²) in [5.41, 5.74) is 3.35. The van der Waals surface area contributed by atoms with Crippen molar-refractivity contribution < 1.29 is 33.5 Å². The fourth-order valence-electron chi connectivity index (χ4n) is 5.11. The molecule has 0 spiro atoms. The van der Waals surface area contributed by atoms with E-state index in [1.807, 2.05) is 6.07 Å². The minimum Gasteiger partial charge on any atom is -0.461 e. The summed E-state index contributed by atoms with van der Waals surface area (Å²) in [6.07, 6.45) is 2.20. The van der Waals surface area contributed by atoms with Gasteiger partial charge in [-0.15, -0.1) is 0 Å². The quantitative estimate of drug-likeness (QED) is 0.163. The van der Waals surface area contributed by atoms with Crippen molar-refractivity contribution in [2.45, 2.75) is 82.1 Å². The Morgan fingerprint density at radius 2 is 2.05 bits per heavy atom. The highest BCUT2D eigenvalue weighted by molar-refractivity contribution is 8.09. The molecule has 1 aliphatic heterocycles. The number of benzene rings is 1. The van der Waals surface area contributed by atoms with Crippen LogP contribution in [-0.4, -0.2) is 72.3 Å². The molecule has 0 amide bonds. The number of anilines is 1. The summed E-state index contributed by atoms with van der Waals surface area (Å²) in [6, 6.07) is 7.90. The number of aromatic amines is 1. The number of rotatable bonds is 10. The van der Waals surface area contributed by atoms with Gasteiger partial charge in [-0.05, 0) is 63.5 Å². The van der Waals surface area contributed by atoms with Crippen molar-refractivity contribution in [3.8, 4) is 5.75 Å². The van der Waals surface area contributed by atoms with Crippen LogP contribution in [0.15, 0.2) is 41.5 Å².